The van der Waals surface area contributed by atoms with Gasteiger partial charge in [-0.2, -0.15) is 0 Å². The molecule has 1 aromatic carbocycles. The number of methoxy groups -OCH3 is 1. The summed E-state index contributed by atoms with van der Waals surface area (Å²) in [6, 6.07) is 6.35. The van der Waals surface area contributed by atoms with Crippen LogP contribution in [0.25, 0.3) is 22.4 Å². The number of hydrogen-bond acceptors (Lipinski definition) is 3. The van der Waals surface area contributed by atoms with Crippen LogP contribution in [0.2, 0.25) is 0 Å². The molecule has 4 nitrogen and oxygen atoms in total. The van der Waals surface area contributed by atoms with E-state index in [1.54, 1.807) is 13.2 Å². The zero-order valence-electron chi connectivity index (χ0n) is 21.5. The smallest absolute Gasteiger partial charge is 0.189 e. The zero-order chi connectivity index (χ0) is 24.8. The molecular formula is C30H40N2O2. The number of fused-ring (bicyclic) bond motifs is 3. The number of hydrogen-bond donors (Lipinski definition) is 1. The van der Waals surface area contributed by atoms with Crippen LogP contribution in [-0.4, -0.2) is 18.2 Å². The van der Waals surface area contributed by atoms with Crippen LogP contribution in [0.4, 0.5) is 0 Å². The second-order valence-electron chi connectivity index (χ2n) is 9.53. The van der Waals surface area contributed by atoms with Crippen molar-refractivity contribution >= 4 is 11.1 Å². The Kier molecular flexibility index (Phi) is 8.60. The van der Waals surface area contributed by atoms with Crippen LogP contribution >= 0.6 is 0 Å². The average Bonchev–Trinajstić information content (AvgIpc) is 2.82. The van der Waals surface area contributed by atoms with Gasteiger partial charge in [0, 0.05) is 53.3 Å². The average molecular weight is 461 g/mol. The summed E-state index contributed by atoms with van der Waals surface area (Å²) in [7, 11) is 1.70. The summed E-state index contributed by atoms with van der Waals surface area (Å²) >= 11 is 0. The summed E-state index contributed by atoms with van der Waals surface area (Å²) in [5.41, 5.74) is 6.96. The molecule has 3 rings (SSSR count). The molecule has 182 valence electrons. The van der Waals surface area contributed by atoms with E-state index in [1.807, 2.05) is 18.5 Å². The van der Waals surface area contributed by atoms with Crippen molar-refractivity contribution in [2.75, 3.05) is 13.7 Å². The van der Waals surface area contributed by atoms with Gasteiger partial charge in [-0.1, -0.05) is 59.8 Å². The number of nitrogens with zero attached hydrogens (tertiary/aromatic N) is 1. The highest BCUT2D eigenvalue weighted by atomic mass is 16.5. The number of unbranched alkanes of at least 4 members (excludes halogenated alkanes) is 1. The summed E-state index contributed by atoms with van der Waals surface area (Å²) in [6.45, 7) is 17.9. The van der Waals surface area contributed by atoms with Crippen molar-refractivity contribution in [1.29, 1.82) is 0 Å². The topological polar surface area (TPSA) is 43.3 Å². The highest BCUT2D eigenvalue weighted by Gasteiger charge is 2.28. The minimum atomic E-state index is 0.0369. The third-order valence-corrected chi connectivity index (χ3v) is 6.73. The van der Waals surface area contributed by atoms with Crippen LogP contribution in [0.15, 0.2) is 54.6 Å². The van der Waals surface area contributed by atoms with Crippen LogP contribution in [0.5, 0.6) is 5.75 Å². The van der Waals surface area contributed by atoms with Crippen molar-refractivity contribution < 1.29 is 4.74 Å². The van der Waals surface area contributed by atoms with Gasteiger partial charge in [0.2, 0.25) is 0 Å². The lowest BCUT2D eigenvalue weighted by Crippen LogP contribution is -2.27. The van der Waals surface area contributed by atoms with Gasteiger partial charge in [0.05, 0.1) is 12.8 Å². The van der Waals surface area contributed by atoms with E-state index in [2.05, 4.69) is 62.9 Å². The Bertz CT molecular complexity index is 1140. The minimum absolute atomic E-state index is 0.0369. The molecule has 1 aliphatic heterocycles. The Balaban J connectivity index is 2.16. The molecule has 0 bridgehead atoms. The third-order valence-electron chi connectivity index (χ3n) is 6.73. The normalized spacial score (nSPS) is 15.0. The highest BCUT2D eigenvalue weighted by Crippen LogP contribution is 2.42. The van der Waals surface area contributed by atoms with Crippen molar-refractivity contribution in [1.82, 2.24) is 9.88 Å². The Morgan fingerprint density at radius 1 is 1.24 bits per heavy atom. The van der Waals surface area contributed by atoms with Crippen molar-refractivity contribution in [3.05, 3.63) is 76.7 Å². The SMILES string of the molecule is C=C/C(=C\NCCCC)c1cc2c(cc1OC)-c1cc(=O)c(C(=C)CCC)cn1C(C(C)C)C2. The molecule has 1 aromatic heterocycles. The maximum atomic E-state index is 13.1. The van der Waals surface area contributed by atoms with E-state index in [0.29, 0.717) is 5.92 Å². The molecule has 0 saturated heterocycles. The van der Waals surface area contributed by atoms with Gasteiger partial charge in [-0.15, -0.1) is 0 Å². The molecular weight excluding hydrogens is 420 g/mol. The molecule has 2 heterocycles. The van der Waals surface area contributed by atoms with E-state index in [-0.39, 0.29) is 11.5 Å². The van der Waals surface area contributed by atoms with Gasteiger partial charge >= 0.3 is 0 Å². The van der Waals surface area contributed by atoms with Crippen LogP contribution < -0.4 is 15.5 Å². The Morgan fingerprint density at radius 2 is 2.00 bits per heavy atom. The minimum Gasteiger partial charge on any atom is -0.496 e. The van der Waals surface area contributed by atoms with E-state index >= 15 is 0 Å². The molecule has 0 saturated carbocycles. The van der Waals surface area contributed by atoms with Gasteiger partial charge in [0.15, 0.2) is 5.43 Å². The lowest BCUT2D eigenvalue weighted by atomic mass is 9.85. The number of nitrogens with one attached hydrogen (secondary N) is 1. The Labute approximate surface area is 205 Å². The lowest BCUT2D eigenvalue weighted by Gasteiger charge is -2.34. The van der Waals surface area contributed by atoms with E-state index < -0.39 is 0 Å². The summed E-state index contributed by atoms with van der Waals surface area (Å²) < 4.78 is 8.11. The van der Waals surface area contributed by atoms with E-state index in [0.717, 1.165) is 77.9 Å². The first kappa shape index (κ1) is 25.6. The van der Waals surface area contributed by atoms with Gasteiger partial charge in [-0.3, -0.25) is 4.79 Å². The molecule has 0 radical (unpaired) electrons. The highest BCUT2D eigenvalue weighted by molar-refractivity contribution is 5.82. The second-order valence-corrected chi connectivity index (χ2v) is 9.53. The van der Waals surface area contributed by atoms with Crippen LogP contribution in [-0.2, 0) is 6.42 Å². The van der Waals surface area contributed by atoms with Crippen molar-refractivity contribution in [3.8, 4) is 17.0 Å². The number of pyridine rings is 1. The number of allylic oxidation sites excluding steroid dienone is 3. The van der Waals surface area contributed by atoms with Gasteiger partial charge < -0.3 is 14.6 Å². The van der Waals surface area contributed by atoms with Crippen LogP contribution in [0, 0.1) is 5.92 Å². The van der Waals surface area contributed by atoms with Gasteiger partial charge in [-0.05, 0) is 48.4 Å². The standard InChI is InChI=1S/C30H40N2O2/c1-8-11-13-31-18-22(10-3)25-14-23-15-27(20(4)5)32-19-26(21(6)12-9-2)29(33)17-28(32)24(23)16-30(25)34-7/h10,14,16-20,27,31H,3,6,8-9,11-13,15H2,1-2,4-5,7H3/b22-18+. The fourth-order valence-corrected chi connectivity index (χ4v) is 4.76. The monoisotopic (exact) mass is 460 g/mol. The first-order valence-electron chi connectivity index (χ1n) is 12.6. The molecule has 1 unspecified atom stereocenters. The largest absolute Gasteiger partial charge is 0.496 e. The number of benzene rings is 1. The first-order valence-corrected chi connectivity index (χ1v) is 12.6. The molecule has 0 fully saturated rings. The maximum absolute atomic E-state index is 13.1. The zero-order valence-corrected chi connectivity index (χ0v) is 21.5. The number of ether oxygens (including phenoxy) is 1. The summed E-state index contributed by atoms with van der Waals surface area (Å²) in [4.78, 5) is 13.1. The first-order chi connectivity index (χ1) is 16.4. The lowest BCUT2D eigenvalue weighted by molar-refractivity contribution is 0.367. The van der Waals surface area contributed by atoms with Crippen molar-refractivity contribution in [3.63, 3.8) is 0 Å². The number of rotatable bonds is 11. The van der Waals surface area contributed by atoms with Crippen molar-refractivity contribution in [2.24, 2.45) is 5.92 Å². The maximum Gasteiger partial charge on any atom is 0.189 e. The summed E-state index contributed by atoms with van der Waals surface area (Å²) in [6.07, 6.45) is 10.9. The number of aromatic nitrogens is 1. The van der Waals surface area contributed by atoms with Crippen LogP contribution in [0.1, 0.15) is 76.1 Å². The molecule has 4 heteroatoms. The van der Waals surface area contributed by atoms with Gasteiger partial charge in [-0.25, -0.2) is 0 Å². The molecule has 1 N–H and O–H groups in total. The molecule has 0 aliphatic carbocycles. The molecule has 0 amide bonds. The quantitative estimate of drug-likeness (QED) is 0.290. The fourth-order valence-electron chi connectivity index (χ4n) is 4.76. The fraction of sp³-hybridized carbons (Fsp3) is 0.433. The second kappa shape index (κ2) is 11.4. The predicted molar refractivity (Wildman–Crippen MR) is 145 cm³/mol. The summed E-state index contributed by atoms with van der Waals surface area (Å²) in [5.74, 6) is 1.20. The van der Waals surface area contributed by atoms with E-state index in [1.165, 1.54) is 5.56 Å². The van der Waals surface area contributed by atoms with Crippen molar-refractivity contribution in [2.45, 2.75) is 65.8 Å². The summed E-state index contributed by atoms with van der Waals surface area (Å²) in [5, 5.41) is 3.40. The Morgan fingerprint density at radius 3 is 2.62 bits per heavy atom. The van der Waals surface area contributed by atoms with E-state index in [9.17, 15) is 4.79 Å². The molecule has 1 atom stereocenters. The molecule has 0 spiro atoms. The molecule has 34 heavy (non-hydrogen) atoms. The predicted octanol–water partition coefficient (Wildman–Crippen LogP) is 7.01. The Hall–Kier alpha value is -3.01. The third kappa shape index (κ3) is 5.22. The van der Waals surface area contributed by atoms with E-state index in [4.69, 9.17) is 4.74 Å². The van der Waals surface area contributed by atoms with Gasteiger partial charge in [0.1, 0.15) is 5.75 Å². The van der Waals surface area contributed by atoms with Gasteiger partial charge in [0.25, 0.3) is 0 Å². The molecule has 1 aliphatic rings. The van der Waals surface area contributed by atoms with Crippen LogP contribution in [0.3, 0.4) is 0 Å². The molecule has 2 aromatic rings.